The smallest absolute Gasteiger partial charge is 0.266 e. The van der Waals surface area contributed by atoms with Crippen molar-refractivity contribution < 1.29 is 8.42 Å². The first kappa shape index (κ1) is 27.2. The number of para-hydroxylation sites is 1. The average molecular weight is 660 g/mol. The van der Waals surface area contributed by atoms with Crippen LogP contribution in [-0.2, 0) is 10.0 Å². The lowest BCUT2D eigenvalue weighted by Crippen LogP contribution is -2.54. The van der Waals surface area contributed by atoms with Crippen molar-refractivity contribution in [3.63, 3.8) is 0 Å². The molecule has 198 valence electrons. The van der Waals surface area contributed by atoms with Crippen molar-refractivity contribution in [2.75, 3.05) is 19.6 Å². The zero-order chi connectivity index (χ0) is 27.0. The molecule has 7 nitrogen and oxygen atoms in total. The molecule has 5 rings (SSSR count). The number of benzene rings is 3. The van der Waals surface area contributed by atoms with Gasteiger partial charge in [-0.15, -0.1) is 0 Å². The van der Waals surface area contributed by atoms with Crippen LogP contribution < -0.4 is 5.56 Å². The number of hydrogen-bond donors (Lipinski definition) is 0. The Morgan fingerprint density at radius 3 is 2.21 bits per heavy atom. The van der Waals surface area contributed by atoms with Crippen LogP contribution in [0.5, 0.6) is 0 Å². The summed E-state index contributed by atoms with van der Waals surface area (Å²) in [4.78, 5) is 21.3. The van der Waals surface area contributed by atoms with Gasteiger partial charge in [0.15, 0.2) is 0 Å². The lowest BCUT2D eigenvalue weighted by atomic mass is 10.1. The van der Waals surface area contributed by atoms with Gasteiger partial charge >= 0.3 is 0 Å². The van der Waals surface area contributed by atoms with E-state index in [1.807, 2.05) is 49.4 Å². The summed E-state index contributed by atoms with van der Waals surface area (Å²) < 4.78 is 31.9. The minimum Gasteiger partial charge on any atom is -0.291 e. The van der Waals surface area contributed by atoms with Crippen LogP contribution in [0, 0.1) is 0 Å². The van der Waals surface area contributed by atoms with Crippen LogP contribution in [0.15, 0.2) is 91.4 Å². The summed E-state index contributed by atoms with van der Waals surface area (Å²) in [6, 6.07) is 21.4. The second kappa shape index (κ2) is 11.0. The van der Waals surface area contributed by atoms with Gasteiger partial charge < -0.3 is 0 Å². The fraction of sp³-hybridized carbons (Fsp3) is 0.286. The molecular weight excluding hydrogens is 632 g/mol. The van der Waals surface area contributed by atoms with Gasteiger partial charge in [-0.3, -0.25) is 14.3 Å². The van der Waals surface area contributed by atoms with Gasteiger partial charge in [0.25, 0.3) is 5.56 Å². The van der Waals surface area contributed by atoms with Crippen LogP contribution in [-0.4, -0.2) is 52.9 Å². The standard InChI is InChI=1S/C28H28Br2N4O3S/c1-3-26(32-16-17-33(19(2)18-32)38(36,37)23-14-10-21(30)11-15-23)27-31-25-7-5-4-6-24(25)28(35)34(27)22-12-8-20(29)9-13-22/h4-15,19,26H,3,16-18H2,1-2H3. The summed E-state index contributed by atoms with van der Waals surface area (Å²) in [5, 5.41) is 0.563. The minimum atomic E-state index is -3.63. The molecule has 38 heavy (non-hydrogen) atoms. The number of rotatable bonds is 6. The van der Waals surface area contributed by atoms with Crippen molar-refractivity contribution in [1.82, 2.24) is 18.8 Å². The number of piperazine rings is 1. The van der Waals surface area contributed by atoms with Crippen LogP contribution in [0.2, 0.25) is 0 Å². The highest BCUT2D eigenvalue weighted by Gasteiger charge is 2.37. The summed E-state index contributed by atoms with van der Waals surface area (Å²) in [5.74, 6) is 0.662. The van der Waals surface area contributed by atoms with E-state index in [9.17, 15) is 13.2 Å². The van der Waals surface area contributed by atoms with E-state index >= 15 is 0 Å². The predicted molar refractivity (Wildman–Crippen MR) is 157 cm³/mol. The molecule has 1 aliphatic rings. The zero-order valence-corrected chi connectivity index (χ0v) is 25.1. The lowest BCUT2D eigenvalue weighted by molar-refractivity contribution is 0.0945. The molecule has 2 atom stereocenters. The first-order chi connectivity index (χ1) is 18.2. The Hall–Kier alpha value is -2.37. The molecule has 0 amide bonds. The molecule has 0 radical (unpaired) electrons. The molecule has 0 N–H and O–H groups in total. The quantitative estimate of drug-likeness (QED) is 0.263. The Kier molecular flexibility index (Phi) is 7.89. The predicted octanol–water partition coefficient (Wildman–Crippen LogP) is 5.76. The van der Waals surface area contributed by atoms with Crippen molar-refractivity contribution in [2.45, 2.75) is 37.2 Å². The number of nitrogens with zero attached hydrogens (tertiary/aromatic N) is 4. The van der Waals surface area contributed by atoms with Crippen molar-refractivity contribution in [1.29, 1.82) is 0 Å². The largest absolute Gasteiger partial charge is 0.291 e. The number of aromatic nitrogens is 2. The van der Waals surface area contributed by atoms with E-state index in [1.54, 1.807) is 39.2 Å². The van der Waals surface area contributed by atoms with Gasteiger partial charge in [-0.25, -0.2) is 13.4 Å². The number of sulfonamides is 1. The number of fused-ring (bicyclic) bond motifs is 1. The van der Waals surface area contributed by atoms with Crippen LogP contribution in [0.1, 0.15) is 32.1 Å². The zero-order valence-electron chi connectivity index (χ0n) is 21.1. The Bertz CT molecular complexity index is 1620. The highest BCUT2D eigenvalue weighted by Crippen LogP contribution is 2.30. The topological polar surface area (TPSA) is 75.5 Å². The monoisotopic (exact) mass is 658 g/mol. The maximum Gasteiger partial charge on any atom is 0.266 e. The fourth-order valence-corrected chi connectivity index (χ4v) is 7.31. The van der Waals surface area contributed by atoms with Crippen molar-refractivity contribution in [3.8, 4) is 5.69 Å². The maximum atomic E-state index is 13.8. The third-order valence-electron chi connectivity index (χ3n) is 7.03. The van der Waals surface area contributed by atoms with Gasteiger partial charge in [-0.05, 0) is 74.0 Å². The number of halogens is 2. The Morgan fingerprint density at radius 2 is 1.58 bits per heavy atom. The van der Waals surface area contributed by atoms with E-state index in [0.29, 0.717) is 42.8 Å². The molecule has 1 aliphatic heterocycles. The number of hydrogen-bond acceptors (Lipinski definition) is 5. The molecule has 4 aromatic rings. The highest BCUT2D eigenvalue weighted by molar-refractivity contribution is 9.10. The van der Waals surface area contributed by atoms with E-state index in [1.165, 1.54) is 0 Å². The summed E-state index contributed by atoms with van der Waals surface area (Å²) in [6.45, 7) is 5.42. The first-order valence-electron chi connectivity index (χ1n) is 12.5. The third kappa shape index (κ3) is 5.12. The molecular formula is C28H28Br2N4O3S. The van der Waals surface area contributed by atoms with E-state index in [-0.39, 0.29) is 22.5 Å². The molecule has 3 aromatic carbocycles. The molecule has 2 unspecified atom stereocenters. The summed E-state index contributed by atoms with van der Waals surface area (Å²) in [7, 11) is -3.63. The van der Waals surface area contributed by atoms with E-state index < -0.39 is 10.0 Å². The van der Waals surface area contributed by atoms with E-state index in [4.69, 9.17) is 4.98 Å². The van der Waals surface area contributed by atoms with E-state index in [0.717, 1.165) is 14.6 Å². The SMILES string of the molecule is CCC(c1nc2ccccc2c(=O)n1-c1ccc(Br)cc1)N1CCN(S(=O)(=O)c2ccc(Br)cc2)C(C)C1. The van der Waals surface area contributed by atoms with Gasteiger partial charge in [0.05, 0.1) is 27.5 Å². The maximum absolute atomic E-state index is 13.8. The summed E-state index contributed by atoms with van der Waals surface area (Å²) in [6.07, 6.45) is 0.716. The first-order valence-corrected chi connectivity index (χ1v) is 15.5. The molecule has 0 bridgehead atoms. The second-order valence-electron chi connectivity index (χ2n) is 9.44. The van der Waals surface area contributed by atoms with Crippen LogP contribution >= 0.6 is 31.9 Å². The lowest BCUT2D eigenvalue weighted by Gasteiger charge is -2.42. The Balaban J connectivity index is 1.52. The van der Waals surface area contributed by atoms with E-state index in [2.05, 4.69) is 43.7 Å². The third-order valence-corrected chi connectivity index (χ3v) is 10.1. The van der Waals surface area contributed by atoms with Crippen molar-refractivity contribution >= 4 is 52.8 Å². The van der Waals surface area contributed by atoms with Gasteiger partial charge in [0.2, 0.25) is 10.0 Å². The molecule has 0 aliphatic carbocycles. The molecule has 0 spiro atoms. The molecule has 10 heteroatoms. The van der Waals surface area contributed by atoms with Crippen molar-refractivity contribution in [3.05, 3.63) is 97.9 Å². The average Bonchev–Trinajstić information content (AvgIpc) is 2.90. The molecule has 1 aromatic heterocycles. The second-order valence-corrected chi connectivity index (χ2v) is 13.2. The Labute approximate surface area is 239 Å². The van der Waals surface area contributed by atoms with Gasteiger partial charge in [0, 0.05) is 34.6 Å². The van der Waals surface area contributed by atoms with Gasteiger partial charge in [-0.1, -0.05) is 50.9 Å². The summed E-state index contributed by atoms with van der Waals surface area (Å²) in [5.41, 5.74) is 1.29. The normalized spacial score (nSPS) is 18.1. The molecule has 2 heterocycles. The molecule has 0 saturated carbocycles. The molecule has 1 fully saturated rings. The van der Waals surface area contributed by atoms with Crippen LogP contribution in [0.4, 0.5) is 0 Å². The van der Waals surface area contributed by atoms with Crippen LogP contribution in [0.25, 0.3) is 16.6 Å². The highest BCUT2D eigenvalue weighted by atomic mass is 79.9. The van der Waals surface area contributed by atoms with Gasteiger partial charge in [-0.2, -0.15) is 4.31 Å². The molecule has 1 saturated heterocycles. The van der Waals surface area contributed by atoms with Crippen molar-refractivity contribution in [2.24, 2.45) is 0 Å². The van der Waals surface area contributed by atoms with Gasteiger partial charge in [0.1, 0.15) is 5.82 Å². The minimum absolute atomic E-state index is 0.115. The fourth-order valence-electron chi connectivity index (χ4n) is 5.17. The van der Waals surface area contributed by atoms with Crippen LogP contribution in [0.3, 0.4) is 0 Å². The summed E-state index contributed by atoms with van der Waals surface area (Å²) >= 11 is 6.85. The Morgan fingerprint density at radius 1 is 0.947 bits per heavy atom.